The van der Waals surface area contributed by atoms with Crippen LogP contribution in [0.25, 0.3) is 0 Å². The lowest BCUT2D eigenvalue weighted by molar-refractivity contribution is -0.348. The van der Waals surface area contributed by atoms with Crippen LogP contribution in [0.2, 0.25) is 0 Å². The summed E-state index contributed by atoms with van der Waals surface area (Å²) in [5.41, 5.74) is -7.92. The molecular weight excluding hydrogens is 447 g/mol. The zero-order chi connectivity index (χ0) is 24.5. The van der Waals surface area contributed by atoms with Crippen molar-refractivity contribution in [1.29, 1.82) is 0 Å². The van der Waals surface area contributed by atoms with E-state index in [0.29, 0.717) is 12.1 Å². The van der Waals surface area contributed by atoms with Crippen LogP contribution in [0.1, 0.15) is 45.7 Å². The summed E-state index contributed by atoms with van der Waals surface area (Å²) >= 11 is 0. The number of hydrogen-bond acceptors (Lipinski definition) is 3. The van der Waals surface area contributed by atoms with E-state index in [1.807, 2.05) is 0 Å². The molecule has 0 unspecified atom stereocenters. The van der Waals surface area contributed by atoms with Crippen molar-refractivity contribution in [3.8, 4) is 0 Å². The van der Waals surface area contributed by atoms with Gasteiger partial charge < -0.3 is 10.6 Å². The standard InChI is InChI=1S/C20H18F7N3O2/c1-10(2)29-16(31)13-6-7-28-9-14(13)17(32)30-15-5-4-12(8-11(15)3)18(21,19(22,23)24)20(25,26)27/h4-10H,1-3H3,(H,29,31)(H,30,32). The Morgan fingerprint density at radius 3 is 2.00 bits per heavy atom. The lowest BCUT2D eigenvalue weighted by atomic mass is 9.92. The van der Waals surface area contributed by atoms with Crippen molar-refractivity contribution >= 4 is 17.5 Å². The fourth-order valence-electron chi connectivity index (χ4n) is 2.81. The van der Waals surface area contributed by atoms with Gasteiger partial charge in [0.2, 0.25) is 0 Å². The van der Waals surface area contributed by atoms with Crippen molar-refractivity contribution in [2.75, 3.05) is 5.32 Å². The van der Waals surface area contributed by atoms with E-state index in [2.05, 4.69) is 15.6 Å². The van der Waals surface area contributed by atoms with Crippen LogP contribution in [0.3, 0.4) is 0 Å². The first kappa shape index (κ1) is 25.1. The number of alkyl halides is 7. The summed E-state index contributed by atoms with van der Waals surface area (Å²) in [5.74, 6) is -1.47. The molecule has 5 nitrogen and oxygen atoms in total. The molecule has 1 aromatic heterocycles. The predicted molar refractivity (Wildman–Crippen MR) is 101 cm³/mol. The number of halogens is 7. The highest BCUT2D eigenvalue weighted by Gasteiger charge is 2.73. The summed E-state index contributed by atoms with van der Waals surface area (Å²) in [6.07, 6.45) is -10.2. The van der Waals surface area contributed by atoms with E-state index in [1.165, 1.54) is 12.3 Å². The van der Waals surface area contributed by atoms with Crippen molar-refractivity contribution < 1.29 is 40.3 Å². The molecule has 0 saturated heterocycles. The molecule has 2 rings (SSSR count). The second kappa shape index (κ2) is 8.75. The molecule has 0 saturated carbocycles. The van der Waals surface area contributed by atoms with Gasteiger partial charge in [-0.1, -0.05) is 12.1 Å². The fourth-order valence-corrected chi connectivity index (χ4v) is 2.81. The van der Waals surface area contributed by atoms with Gasteiger partial charge in [-0.3, -0.25) is 14.6 Å². The van der Waals surface area contributed by atoms with Gasteiger partial charge in [0.25, 0.3) is 11.8 Å². The maximum Gasteiger partial charge on any atom is 0.435 e. The molecule has 1 heterocycles. The van der Waals surface area contributed by atoms with Crippen LogP contribution in [0.5, 0.6) is 0 Å². The maximum atomic E-state index is 14.2. The number of pyridine rings is 1. The van der Waals surface area contributed by atoms with Crippen LogP contribution in [-0.2, 0) is 5.67 Å². The van der Waals surface area contributed by atoms with E-state index >= 15 is 0 Å². The second-order valence-electron chi connectivity index (χ2n) is 7.19. The highest BCUT2D eigenvalue weighted by molar-refractivity contribution is 6.12. The molecule has 0 aliphatic heterocycles. The average molecular weight is 465 g/mol. The number of anilines is 1. The van der Waals surface area contributed by atoms with Gasteiger partial charge in [-0.2, -0.15) is 26.3 Å². The Balaban J connectivity index is 2.39. The third-order valence-electron chi connectivity index (χ3n) is 4.38. The number of nitrogens with one attached hydrogen (secondary N) is 2. The first-order valence-corrected chi connectivity index (χ1v) is 9.09. The Morgan fingerprint density at radius 1 is 0.906 bits per heavy atom. The zero-order valence-electron chi connectivity index (χ0n) is 17.0. The summed E-state index contributed by atoms with van der Waals surface area (Å²) in [5, 5.41) is 4.87. The van der Waals surface area contributed by atoms with Crippen LogP contribution in [0, 0.1) is 6.92 Å². The van der Waals surface area contributed by atoms with Crippen LogP contribution in [0.15, 0.2) is 36.7 Å². The summed E-state index contributed by atoms with van der Waals surface area (Å²) in [6, 6.07) is 2.39. The topological polar surface area (TPSA) is 71.1 Å². The summed E-state index contributed by atoms with van der Waals surface area (Å²) in [4.78, 5) is 28.6. The smallest absolute Gasteiger partial charge is 0.350 e. The van der Waals surface area contributed by atoms with Gasteiger partial charge in [0, 0.05) is 29.7 Å². The van der Waals surface area contributed by atoms with E-state index in [9.17, 15) is 40.3 Å². The molecule has 0 radical (unpaired) electrons. The van der Waals surface area contributed by atoms with E-state index < -0.39 is 35.4 Å². The number of rotatable bonds is 5. The van der Waals surface area contributed by atoms with Crippen molar-refractivity contribution in [2.24, 2.45) is 0 Å². The van der Waals surface area contributed by atoms with E-state index in [0.717, 1.165) is 19.2 Å². The van der Waals surface area contributed by atoms with Crippen LogP contribution < -0.4 is 10.6 Å². The van der Waals surface area contributed by atoms with E-state index in [-0.39, 0.29) is 28.4 Å². The molecule has 0 fully saturated rings. The highest BCUT2D eigenvalue weighted by Crippen LogP contribution is 2.53. The Bertz CT molecular complexity index is 1000. The molecule has 1 aromatic carbocycles. The highest BCUT2D eigenvalue weighted by atomic mass is 19.4. The number of carbonyl (C=O) groups is 2. The average Bonchev–Trinajstić information content (AvgIpc) is 2.66. The molecule has 0 spiro atoms. The quantitative estimate of drug-likeness (QED) is 0.606. The number of amides is 2. The maximum absolute atomic E-state index is 14.2. The van der Waals surface area contributed by atoms with Crippen LogP contribution >= 0.6 is 0 Å². The Hall–Kier alpha value is -3.18. The molecule has 2 aromatic rings. The summed E-state index contributed by atoms with van der Waals surface area (Å²) in [6.45, 7) is 4.48. The summed E-state index contributed by atoms with van der Waals surface area (Å²) < 4.78 is 91.9. The fraction of sp³-hybridized carbons (Fsp3) is 0.350. The largest absolute Gasteiger partial charge is 0.435 e. The minimum absolute atomic E-state index is 0.0441. The third kappa shape index (κ3) is 4.83. The molecule has 2 amide bonds. The number of hydrogen-bond donors (Lipinski definition) is 2. The number of benzene rings is 1. The van der Waals surface area contributed by atoms with Gasteiger partial charge in [-0.25, -0.2) is 4.39 Å². The van der Waals surface area contributed by atoms with E-state index in [4.69, 9.17) is 0 Å². The number of carbonyl (C=O) groups excluding carboxylic acids is 2. The molecular formula is C20H18F7N3O2. The molecule has 2 N–H and O–H groups in total. The second-order valence-corrected chi connectivity index (χ2v) is 7.19. The lowest BCUT2D eigenvalue weighted by Gasteiger charge is -2.30. The van der Waals surface area contributed by atoms with Gasteiger partial charge in [-0.15, -0.1) is 0 Å². The van der Waals surface area contributed by atoms with E-state index in [1.54, 1.807) is 13.8 Å². The Labute approximate surface area is 178 Å². The van der Waals surface area contributed by atoms with Crippen molar-refractivity contribution in [3.63, 3.8) is 0 Å². The number of nitrogens with zero attached hydrogens (tertiary/aromatic N) is 1. The minimum atomic E-state index is -6.25. The molecule has 32 heavy (non-hydrogen) atoms. The Kier molecular flexibility index (Phi) is 6.86. The molecule has 0 aliphatic carbocycles. The minimum Gasteiger partial charge on any atom is -0.350 e. The Morgan fingerprint density at radius 2 is 1.50 bits per heavy atom. The first-order chi connectivity index (χ1) is 14.6. The van der Waals surface area contributed by atoms with Gasteiger partial charge in [0.1, 0.15) is 0 Å². The monoisotopic (exact) mass is 465 g/mol. The van der Waals surface area contributed by atoms with Crippen molar-refractivity contribution in [3.05, 3.63) is 58.9 Å². The molecule has 174 valence electrons. The number of aryl methyl sites for hydroxylation is 1. The van der Waals surface area contributed by atoms with Gasteiger partial charge in [-0.05, 0) is 38.5 Å². The SMILES string of the molecule is Cc1cc(C(F)(C(F)(F)F)C(F)(F)F)ccc1NC(=O)c1cnccc1C(=O)NC(C)C. The van der Waals surface area contributed by atoms with Crippen LogP contribution in [0.4, 0.5) is 36.4 Å². The predicted octanol–water partition coefficient (Wildman–Crippen LogP) is 5.07. The summed E-state index contributed by atoms with van der Waals surface area (Å²) in [7, 11) is 0. The van der Waals surface area contributed by atoms with Gasteiger partial charge in [0.15, 0.2) is 0 Å². The number of aromatic nitrogens is 1. The van der Waals surface area contributed by atoms with Crippen LogP contribution in [-0.4, -0.2) is 35.2 Å². The molecule has 0 aliphatic rings. The molecule has 12 heteroatoms. The van der Waals surface area contributed by atoms with Crippen molar-refractivity contribution in [1.82, 2.24) is 10.3 Å². The van der Waals surface area contributed by atoms with Gasteiger partial charge in [0.05, 0.1) is 11.1 Å². The third-order valence-corrected chi connectivity index (χ3v) is 4.38. The van der Waals surface area contributed by atoms with Gasteiger partial charge >= 0.3 is 18.0 Å². The normalized spacial score (nSPS) is 12.6. The molecule has 0 bridgehead atoms. The molecule has 0 atom stereocenters. The zero-order valence-corrected chi connectivity index (χ0v) is 17.0. The lowest BCUT2D eigenvalue weighted by Crippen LogP contribution is -2.50. The first-order valence-electron chi connectivity index (χ1n) is 9.09. The van der Waals surface area contributed by atoms with Crippen molar-refractivity contribution in [2.45, 2.75) is 44.8 Å².